The van der Waals surface area contributed by atoms with Crippen molar-refractivity contribution < 1.29 is 41.0 Å². The number of carboxylic acid groups (broad SMARTS) is 1. The average Bonchev–Trinajstić information content (AvgIpc) is 3.63. The number of benzene rings is 2. The second-order valence-electron chi connectivity index (χ2n) is 15.2. The molecule has 2 heterocycles. The summed E-state index contributed by atoms with van der Waals surface area (Å²) in [5.74, 6) is -1.30. The molecule has 3 aromatic rings. The van der Waals surface area contributed by atoms with Crippen molar-refractivity contribution in [2.45, 2.75) is 116 Å². The van der Waals surface area contributed by atoms with Crippen molar-refractivity contribution in [2.75, 3.05) is 13.1 Å². The molecule has 1 amide bonds. The Morgan fingerprint density at radius 2 is 1.58 bits per heavy atom. The molecule has 1 saturated carbocycles. The molecule has 0 bridgehead atoms. The van der Waals surface area contributed by atoms with Crippen molar-refractivity contribution in [1.29, 1.82) is 0 Å². The fraction of sp³-hybridized carbons (Fsp3) is 0.500. The van der Waals surface area contributed by atoms with E-state index in [0.717, 1.165) is 54.6 Å². The monoisotopic (exact) mass is 771 g/mol. The van der Waals surface area contributed by atoms with Crippen LogP contribution in [-0.4, -0.2) is 45.6 Å². The number of nitrogens with zero attached hydrogens (tertiary/aromatic N) is 2. The van der Waals surface area contributed by atoms with Crippen LogP contribution in [0, 0.1) is 49.1 Å². The summed E-state index contributed by atoms with van der Waals surface area (Å²) < 4.78 is 91.6. The molecule has 7 nitrogen and oxygen atoms in total. The fourth-order valence-electron chi connectivity index (χ4n) is 8.39. The van der Waals surface area contributed by atoms with E-state index in [1.54, 1.807) is 13.8 Å². The number of aliphatic carboxylic acids is 1. The van der Waals surface area contributed by atoms with Gasteiger partial charge in [0.25, 0.3) is 5.56 Å². The Labute approximate surface area is 317 Å². The SMILES string of the molecule is CC#Cc1cc(-c2c(C)cc(F)cc2C)c(F)c([C@H](CC(=O)O)NC(=O)[C@@H](CC(C)C)n2cc(C3CCN(C4CCCC4)CC3)c(C(F)(F)F)cc2=O)c1F. The van der Waals surface area contributed by atoms with Crippen LogP contribution in [0.1, 0.15) is 124 Å². The molecule has 2 fully saturated rings. The second kappa shape index (κ2) is 17.1. The van der Waals surface area contributed by atoms with Crippen LogP contribution in [0.5, 0.6) is 0 Å². The summed E-state index contributed by atoms with van der Waals surface area (Å²) in [6, 6.07) is 1.06. The Bertz CT molecular complexity index is 2030. The molecule has 0 spiro atoms. The first kappa shape index (κ1) is 41.6. The maximum Gasteiger partial charge on any atom is 0.416 e. The van der Waals surface area contributed by atoms with Gasteiger partial charge in [0, 0.05) is 29.4 Å². The van der Waals surface area contributed by atoms with Gasteiger partial charge in [0.15, 0.2) is 0 Å². The first-order valence-electron chi connectivity index (χ1n) is 18.7. The van der Waals surface area contributed by atoms with E-state index in [0.29, 0.717) is 49.2 Å². The molecule has 2 aromatic carbocycles. The number of pyridine rings is 1. The quantitative estimate of drug-likeness (QED) is 0.150. The largest absolute Gasteiger partial charge is 0.481 e. The number of rotatable bonds is 11. The Balaban J connectivity index is 1.59. The second-order valence-corrected chi connectivity index (χ2v) is 15.2. The molecule has 1 saturated heterocycles. The zero-order valence-corrected chi connectivity index (χ0v) is 31.7. The van der Waals surface area contributed by atoms with Crippen LogP contribution in [0.2, 0.25) is 0 Å². The Hall–Kier alpha value is -4.57. The van der Waals surface area contributed by atoms with Gasteiger partial charge in [-0.15, -0.1) is 5.92 Å². The van der Waals surface area contributed by atoms with Crippen molar-refractivity contribution in [1.82, 2.24) is 14.8 Å². The van der Waals surface area contributed by atoms with E-state index < -0.39 is 76.6 Å². The molecule has 13 heteroatoms. The number of nitrogens with one attached hydrogen (secondary N) is 1. The van der Waals surface area contributed by atoms with Gasteiger partial charge in [-0.05, 0) is 118 Å². The summed E-state index contributed by atoms with van der Waals surface area (Å²) in [5, 5.41) is 12.4. The van der Waals surface area contributed by atoms with Crippen LogP contribution in [-0.2, 0) is 15.8 Å². The van der Waals surface area contributed by atoms with Crippen LogP contribution in [0.3, 0.4) is 0 Å². The molecule has 1 aliphatic carbocycles. The van der Waals surface area contributed by atoms with Crippen LogP contribution < -0.4 is 10.9 Å². The summed E-state index contributed by atoms with van der Waals surface area (Å²) in [7, 11) is 0. The molecule has 55 heavy (non-hydrogen) atoms. The molecule has 2 N–H and O–H groups in total. The van der Waals surface area contributed by atoms with E-state index >= 15 is 8.78 Å². The summed E-state index contributed by atoms with van der Waals surface area (Å²) in [5.41, 5.74) is -2.77. The third kappa shape index (κ3) is 9.29. The summed E-state index contributed by atoms with van der Waals surface area (Å²) in [6.07, 6.45) is 0.362. The molecule has 0 unspecified atom stereocenters. The number of carbonyl (C=O) groups is 2. The lowest BCUT2D eigenvalue weighted by atomic mass is 9.86. The number of hydrogen-bond donors (Lipinski definition) is 2. The number of aromatic nitrogens is 1. The maximum absolute atomic E-state index is 16.7. The molecule has 2 aliphatic rings. The highest BCUT2D eigenvalue weighted by Gasteiger charge is 2.39. The molecule has 296 valence electrons. The van der Waals surface area contributed by atoms with Gasteiger partial charge in [0.05, 0.1) is 23.6 Å². The van der Waals surface area contributed by atoms with E-state index in [2.05, 4.69) is 22.1 Å². The van der Waals surface area contributed by atoms with Gasteiger partial charge < -0.3 is 19.9 Å². The van der Waals surface area contributed by atoms with Crippen LogP contribution in [0.25, 0.3) is 11.1 Å². The van der Waals surface area contributed by atoms with Crippen molar-refractivity contribution in [3.63, 3.8) is 0 Å². The Morgan fingerprint density at radius 3 is 2.13 bits per heavy atom. The summed E-state index contributed by atoms with van der Waals surface area (Å²) >= 11 is 0. The average molecular weight is 772 g/mol. The van der Waals surface area contributed by atoms with Crippen molar-refractivity contribution in [3.05, 3.63) is 91.6 Å². The number of carboxylic acids is 1. The van der Waals surface area contributed by atoms with Crippen molar-refractivity contribution in [2.24, 2.45) is 5.92 Å². The zero-order chi connectivity index (χ0) is 40.4. The predicted octanol–water partition coefficient (Wildman–Crippen LogP) is 8.98. The van der Waals surface area contributed by atoms with E-state index in [1.165, 1.54) is 20.8 Å². The van der Waals surface area contributed by atoms with Gasteiger partial charge >= 0.3 is 12.1 Å². The number of aryl methyl sites for hydroxylation is 2. The standard InChI is InChI=1S/C42H47F6N3O4/c1-6-9-27-19-30(37-24(4)17-28(43)18-25(37)5)40(45)38(39(27)44)33(21-36(53)54)49-41(55)34(16-23(2)3)51-22-31(32(20-35(51)52)42(46,47)48)26-12-14-50(15-13-26)29-10-7-8-11-29/h17-20,22-23,26,29,33-34H,7-8,10-16,21H2,1-5H3,(H,49,55)(H,53,54)/t33-,34+/m0/s1. The predicted molar refractivity (Wildman–Crippen MR) is 197 cm³/mol. The fourth-order valence-corrected chi connectivity index (χ4v) is 8.39. The minimum Gasteiger partial charge on any atom is -0.481 e. The normalized spacial score (nSPS) is 16.9. The lowest BCUT2D eigenvalue weighted by Crippen LogP contribution is -2.42. The Kier molecular flexibility index (Phi) is 12.9. The number of carbonyl (C=O) groups excluding carboxylic acids is 1. The number of piperidine rings is 1. The van der Waals surface area contributed by atoms with Crippen molar-refractivity contribution >= 4 is 11.9 Å². The van der Waals surface area contributed by atoms with Gasteiger partial charge in [-0.3, -0.25) is 14.4 Å². The van der Waals surface area contributed by atoms with E-state index in [9.17, 15) is 37.1 Å². The lowest BCUT2D eigenvalue weighted by Gasteiger charge is -2.37. The molecular weight excluding hydrogens is 724 g/mol. The first-order chi connectivity index (χ1) is 25.9. The number of alkyl halides is 3. The molecular formula is C42H47F6N3O4. The van der Waals surface area contributed by atoms with Crippen molar-refractivity contribution in [3.8, 4) is 23.0 Å². The number of amides is 1. The number of halogens is 6. The van der Waals surface area contributed by atoms with Crippen LogP contribution in [0.4, 0.5) is 26.3 Å². The zero-order valence-electron chi connectivity index (χ0n) is 31.7. The number of likely N-dealkylation sites (tertiary alicyclic amines) is 1. The minimum atomic E-state index is -4.85. The molecule has 1 aromatic heterocycles. The highest BCUT2D eigenvalue weighted by Crippen LogP contribution is 2.41. The van der Waals surface area contributed by atoms with E-state index in [-0.39, 0.29) is 34.6 Å². The third-order valence-corrected chi connectivity index (χ3v) is 10.9. The van der Waals surface area contributed by atoms with E-state index in [4.69, 9.17) is 0 Å². The topological polar surface area (TPSA) is 91.6 Å². The van der Waals surface area contributed by atoms with Gasteiger partial charge in [-0.2, -0.15) is 13.2 Å². The lowest BCUT2D eigenvalue weighted by molar-refractivity contribution is -0.139. The molecule has 1 aliphatic heterocycles. The summed E-state index contributed by atoms with van der Waals surface area (Å²) in [6.45, 7) is 9.12. The van der Waals surface area contributed by atoms with Crippen LogP contribution >= 0.6 is 0 Å². The maximum atomic E-state index is 16.7. The third-order valence-electron chi connectivity index (χ3n) is 10.9. The minimum absolute atomic E-state index is 0.0675. The smallest absolute Gasteiger partial charge is 0.416 e. The molecule has 0 radical (unpaired) electrons. The molecule has 5 rings (SSSR count). The van der Waals surface area contributed by atoms with Gasteiger partial charge in [-0.25, -0.2) is 13.2 Å². The van der Waals surface area contributed by atoms with Gasteiger partial charge in [0.2, 0.25) is 5.91 Å². The van der Waals surface area contributed by atoms with Gasteiger partial charge in [-0.1, -0.05) is 32.6 Å². The highest BCUT2D eigenvalue weighted by molar-refractivity contribution is 5.82. The van der Waals surface area contributed by atoms with Gasteiger partial charge in [0.1, 0.15) is 23.5 Å². The highest BCUT2D eigenvalue weighted by atomic mass is 19.4. The first-order valence-corrected chi connectivity index (χ1v) is 18.7. The Morgan fingerprint density at radius 1 is 0.964 bits per heavy atom. The molecule has 2 atom stereocenters. The van der Waals surface area contributed by atoms with Crippen LogP contribution in [0.15, 0.2) is 35.3 Å². The number of hydrogen-bond acceptors (Lipinski definition) is 4. The van der Waals surface area contributed by atoms with E-state index in [1.807, 2.05) is 0 Å². The summed E-state index contributed by atoms with van der Waals surface area (Å²) in [4.78, 5) is 42.3.